The summed E-state index contributed by atoms with van der Waals surface area (Å²) in [6.45, 7) is 2.96. The number of carbonyl (C=O) groups excluding carboxylic acids is 2. The zero-order valence-electron chi connectivity index (χ0n) is 18.4. The summed E-state index contributed by atoms with van der Waals surface area (Å²) in [4.78, 5) is 29.6. The largest absolute Gasteiger partial charge is 0.339 e. The van der Waals surface area contributed by atoms with Crippen molar-refractivity contribution in [1.82, 2.24) is 9.80 Å². The average Bonchev–Trinajstić information content (AvgIpc) is 2.80. The van der Waals surface area contributed by atoms with Crippen LogP contribution in [-0.4, -0.2) is 40.7 Å². The Bertz CT molecular complexity index is 1100. The molecule has 0 aliphatic carbocycles. The van der Waals surface area contributed by atoms with Gasteiger partial charge in [0.2, 0.25) is 11.8 Å². The second-order valence-electron chi connectivity index (χ2n) is 8.60. The summed E-state index contributed by atoms with van der Waals surface area (Å²) in [5.41, 5.74) is 3.43. The summed E-state index contributed by atoms with van der Waals surface area (Å²) in [7, 11) is 1.78. The lowest BCUT2D eigenvalue weighted by Gasteiger charge is -2.50. The zero-order valence-corrected chi connectivity index (χ0v) is 19.2. The van der Waals surface area contributed by atoms with Crippen LogP contribution in [0.3, 0.4) is 0 Å². The van der Waals surface area contributed by atoms with Crippen LogP contribution in [0.5, 0.6) is 0 Å². The van der Waals surface area contributed by atoms with Gasteiger partial charge in [-0.1, -0.05) is 78.3 Å². The Balaban J connectivity index is 1.39. The molecule has 0 N–H and O–H groups in total. The van der Waals surface area contributed by atoms with E-state index in [0.29, 0.717) is 31.0 Å². The molecule has 0 radical (unpaired) electrons. The molecule has 3 aromatic carbocycles. The highest BCUT2D eigenvalue weighted by Gasteiger charge is 2.50. The smallest absolute Gasteiger partial charge is 0.248 e. The topological polar surface area (TPSA) is 40.6 Å². The van der Waals surface area contributed by atoms with Gasteiger partial charge in [0.25, 0.3) is 0 Å². The van der Waals surface area contributed by atoms with Crippen molar-refractivity contribution >= 4 is 23.4 Å². The molecule has 0 spiro atoms. The molecule has 0 bridgehead atoms. The minimum Gasteiger partial charge on any atom is -0.339 e. The van der Waals surface area contributed by atoms with Crippen molar-refractivity contribution in [3.8, 4) is 11.1 Å². The molecule has 1 fully saturated rings. The Morgan fingerprint density at radius 3 is 2.09 bits per heavy atom. The summed E-state index contributed by atoms with van der Waals surface area (Å²) in [5.74, 6) is -0.0501. The third kappa shape index (κ3) is 4.56. The standard InChI is InChI=1S/C27H27ClN2O2/c1-27(26(32)29(2)19-21-10-14-24(28)15-11-21)16-17-30(27)25(31)18-20-8-12-23(13-9-20)22-6-4-3-5-7-22/h3-15H,16-19H2,1-2H3. The number of likely N-dealkylation sites (N-methyl/N-ethyl adjacent to an activating group) is 1. The first-order valence-corrected chi connectivity index (χ1v) is 11.2. The van der Waals surface area contributed by atoms with Gasteiger partial charge in [-0.3, -0.25) is 9.59 Å². The number of carbonyl (C=O) groups is 2. The van der Waals surface area contributed by atoms with E-state index in [1.807, 2.05) is 73.7 Å². The van der Waals surface area contributed by atoms with Gasteiger partial charge in [-0.05, 0) is 47.7 Å². The van der Waals surface area contributed by atoms with Crippen molar-refractivity contribution in [2.24, 2.45) is 0 Å². The fourth-order valence-electron chi connectivity index (χ4n) is 4.24. The quantitative estimate of drug-likeness (QED) is 0.522. The molecule has 2 amide bonds. The number of benzene rings is 3. The molecule has 4 rings (SSSR count). The maximum Gasteiger partial charge on any atom is 0.248 e. The van der Waals surface area contributed by atoms with Gasteiger partial charge in [0.1, 0.15) is 5.54 Å². The van der Waals surface area contributed by atoms with Gasteiger partial charge in [-0.2, -0.15) is 0 Å². The summed E-state index contributed by atoms with van der Waals surface area (Å²) >= 11 is 5.95. The summed E-state index contributed by atoms with van der Waals surface area (Å²) < 4.78 is 0. The lowest BCUT2D eigenvalue weighted by Crippen LogP contribution is -2.67. The van der Waals surface area contributed by atoms with Crippen LogP contribution in [0.25, 0.3) is 11.1 Å². The number of hydrogen-bond donors (Lipinski definition) is 0. The highest BCUT2D eigenvalue weighted by molar-refractivity contribution is 6.30. The van der Waals surface area contributed by atoms with E-state index in [9.17, 15) is 9.59 Å². The van der Waals surface area contributed by atoms with Crippen LogP contribution in [0.2, 0.25) is 5.02 Å². The maximum absolute atomic E-state index is 13.2. The van der Waals surface area contributed by atoms with Crippen molar-refractivity contribution in [3.63, 3.8) is 0 Å². The molecule has 164 valence electrons. The van der Waals surface area contributed by atoms with Crippen LogP contribution < -0.4 is 0 Å². The van der Waals surface area contributed by atoms with Gasteiger partial charge in [-0.15, -0.1) is 0 Å². The first-order chi connectivity index (χ1) is 15.4. The van der Waals surface area contributed by atoms with Crippen molar-refractivity contribution in [1.29, 1.82) is 0 Å². The Labute approximate surface area is 194 Å². The van der Waals surface area contributed by atoms with E-state index >= 15 is 0 Å². The number of rotatable bonds is 6. The van der Waals surface area contributed by atoms with Gasteiger partial charge in [-0.25, -0.2) is 0 Å². The lowest BCUT2D eigenvalue weighted by atomic mass is 9.84. The predicted octanol–water partition coefficient (Wildman–Crippen LogP) is 5.20. The van der Waals surface area contributed by atoms with Gasteiger partial charge in [0.15, 0.2) is 0 Å². The second kappa shape index (κ2) is 9.17. The molecule has 0 saturated carbocycles. The van der Waals surface area contributed by atoms with E-state index in [2.05, 4.69) is 12.1 Å². The van der Waals surface area contributed by atoms with Crippen molar-refractivity contribution in [2.45, 2.75) is 31.8 Å². The number of hydrogen-bond acceptors (Lipinski definition) is 2. The van der Waals surface area contributed by atoms with E-state index in [0.717, 1.165) is 22.3 Å². The molecule has 32 heavy (non-hydrogen) atoms. The van der Waals surface area contributed by atoms with Crippen molar-refractivity contribution in [3.05, 3.63) is 95.0 Å². The Kier molecular flexibility index (Phi) is 6.33. The summed E-state index contributed by atoms with van der Waals surface area (Å²) in [5, 5.41) is 0.669. The van der Waals surface area contributed by atoms with Gasteiger partial charge in [0, 0.05) is 25.2 Å². The minimum atomic E-state index is -0.789. The van der Waals surface area contributed by atoms with E-state index in [4.69, 9.17) is 11.6 Å². The third-order valence-corrected chi connectivity index (χ3v) is 6.53. The van der Waals surface area contributed by atoms with Crippen LogP contribution in [0.15, 0.2) is 78.9 Å². The monoisotopic (exact) mass is 446 g/mol. The highest BCUT2D eigenvalue weighted by atomic mass is 35.5. The summed E-state index contributed by atoms with van der Waals surface area (Å²) in [6, 6.07) is 25.7. The van der Waals surface area contributed by atoms with E-state index in [-0.39, 0.29) is 11.8 Å². The van der Waals surface area contributed by atoms with Crippen LogP contribution in [-0.2, 0) is 22.6 Å². The lowest BCUT2D eigenvalue weighted by molar-refractivity contribution is -0.163. The molecule has 1 atom stereocenters. The second-order valence-corrected chi connectivity index (χ2v) is 9.03. The SMILES string of the molecule is CN(Cc1ccc(Cl)cc1)C(=O)C1(C)CCN1C(=O)Cc1ccc(-c2ccccc2)cc1. The van der Waals surface area contributed by atoms with E-state index in [1.165, 1.54) is 0 Å². The zero-order chi connectivity index (χ0) is 22.7. The third-order valence-electron chi connectivity index (χ3n) is 6.28. The fourth-order valence-corrected chi connectivity index (χ4v) is 4.37. The van der Waals surface area contributed by atoms with Crippen LogP contribution >= 0.6 is 11.6 Å². The molecule has 1 saturated heterocycles. The Hall–Kier alpha value is -3.11. The van der Waals surface area contributed by atoms with Gasteiger partial charge in [0.05, 0.1) is 6.42 Å². The molecule has 3 aromatic rings. The van der Waals surface area contributed by atoms with Crippen LogP contribution in [0, 0.1) is 0 Å². The molecule has 1 aliphatic heterocycles. The molecular weight excluding hydrogens is 420 g/mol. The fraction of sp³-hybridized carbons (Fsp3) is 0.259. The maximum atomic E-state index is 13.2. The molecule has 1 unspecified atom stereocenters. The predicted molar refractivity (Wildman–Crippen MR) is 128 cm³/mol. The molecule has 1 aliphatic rings. The number of likely N-dealkylation sites (tertiary alicyclic amines) is 1. The van der Waals surface area contributed by atoms with Gasteiger partial charge < -0.3 is 9.80 Å². The molecular formula is C27H27ClN2O2. The van der Waals surface area contributed by atoms with Crippen LogP contribution in [0.4, 0.5) is 0 Å². The number of halogens is 1. The molecule has 1 heterocycles. The Morgan fingerprint density at radius 1 is 0.906 bits per heavy atom. The van der Waals surface area contributed by atoms with E-state index < -0.39 is 5.54 Å². The normalized spacial score (nSPS) is 17.5. The summed E-state index contributed by atoms with van der Waals surface area (Å²) in [6.07, 6.45) is 0.967. The average molecular weight is 447 g/mol. The Morgan fingerprint density at radius 2 is 1.50 bits per heavy atom. The van der Waals surface area contributed by atoms with Gasteiger partial charge >= 0.3 is 0 Å². The first-order valence-electron chi connectivity index (χ1n) is 10.8. The van der Waals surface area contributed by atoms with Crippen molar-refractivity contribution < 1.29 is 9.59 Å². The molecule has 5 heteroatoms. The van der Waals surface area contributed by atoms with Crippen molar-refractivity contribution in [2.75, 3.05) is 13.6 Å². The number of nitrogens with zero attached hydrogens (tertiary/aromatic N) is 2. The van der Waals surface area contributed by atoms with E-state index in [1.54, 1.807) is 16.8 Å². The molecule has 0 aromatic heterocycles. The minimum absolute atomic E-state index is 0.0144. The van der Waals surface area contributed by atoms with Crippen LogP contribution in [0.1, 0.15) is 24.5 Å². The molecule has 4 nitrogen and oxygen atoms in total. The number of amides is 2. The first kappa shape index (κ1) is 22.1. The highest BCUT2D eigenvalue weighted by Crippen LogP contribution is 2.33.